The SMILES string of the molecule is [Pt+2].[c-]1cc2ccccc2cc1-c1[c-]c(N(c2ccccc2)c2cccc(-n3cccn3)n2)ccc1. The molecular formula is C30H20N4Pt. The Kier molecular flexibility index (Phi) is 6.56. The number of aromatic nitrogens is 3. The van der Waals surface area contributed by atoms with E-state index in [1.54, 1.807) is 10.9 Å². The van der Waals surface area contributed by atoms with E-state index >= 15 is 0 Å². The fourth-order valence-corrected chi connectivity index (χ4v) is 4.07. The van der Waals surface area contributed by atoms with Gasteiger partial charge in [-0.15, -0.1) is 22.9 Å². The summed E-state index contributed by atoms with van der Waals surface area (Å²) in [6, 6.07) is 43.8. The van der Waals surface area contributed by atoms with Crippen LogP contribution in [0, 0.1) is 12.1 Å². The van der Waals surface area contributed by atoms with Crippen molar-refractivity contribution in [3.05, 3.63) is 134 Å². The largest absolute Gasteiger partial charge is 2.00 e. The molecule has 0 amide bonds. The maximum atomic E-state index is 4.91. The summed E-state index contributed by atoms with van der Waals surface area (Å²) in [4.78, 5) is 7.02. The van der Waals surface area contributed by atoms with Crippen LogP contribution >= 0.6 is 0 Å². The molecule has 0 radical (unpaired) electrons. The van der Waals surface area contributed by atoms with Crippen LogP contribution in [0.4, 0.5) is 17.2 Å². The van der Waals surface area contributed by atoms with Crippen LogP contribution in [0.25, 0.3) is 27.7 Å². The average molecular weight is 632 g/mol. The molecule has 0 saturated heterocycles. The summed E-state index contributed by atoms with van der Waals surface area (Å²) in [5, 5.41) is 6.69. The fourth-order valence-electron chi connectivity index (χ4n) is 4.07. The van der Waals surface area contributed by atoms with Crippen molar-refractivity contribution >= 4 is 28.0 Å². The molecule has 6 rings (SSSR count). The van der Waals surface area contributed by atoms with Crippen molar-refractivity contribution in [2.45, 2.75) is 0 Å². The molecule has 35 heavy (non-hydrogen) atoms. The van der Waals surface area contributed by atoms with Crippen LogP contribution in [0.1, 0.15) is 0 Å². The Bertz CT molecular complexity index is 1560. The molecule has 0 N–H and O–H groups in total. The molecule has 0 saturated carbocycles. The zero-order chi connectivity index (χ0) is 22.7. The molecule has 0 bridgehead atoms. The number of pyridine rings is 1. The Morgan fingerprint density at radius 1 is 0.714 bits per heavy atom. The third-order valence-corrected chi connectivity index (χ3v) is 5.69. The van der Waals surface area contributed by atoms with Gasteiger partial charge in [-0.2, -0.15) is 35.4 Å². The topological polar surface area (TPSA) is 34.0 Å². The molecule has 0 aliphatic heterocycles. The maximum absolute atomic E-state index is 4.91. The van der Waals surface area contributed by atoms with Gasteiger partial charge in [0.1, 0.15) is 5.82 Å². The molecule has 170 valence electrons. The molecular weight excluding hydrogens is 611 g/mol. The van der Waals surface area contributed by atoms with Gasteiger partial charge in [-0.25, -0.2) is 20.8 Å². The second-order valence-electron chi connectivity index (χ2n) is 7.90. The van der Waals surface area contributed by atoms with E-state index in [0.717, 1.165) is 34.1 Å². The van der Waals surface area contributed by atoms with Gasteiger partial charge in [0, 0.05) is 18.1 Å². The number of para-hydroxylation sites is 1. The first-order valence-electron chi connectivity index (χ1n) is 11.1. The minimum atomic E-state index is 0. The Morgan fingerprint density at radius 2 is 1.51 bits per heavy atom. The first kappa shape index (κ1) is 22.8. The molecule has 0 unspecified atom stereocenters. The second kappa shape index (κ2) is 10.1. The van der Waals surface area contributed by atoms with Gasteiger partial charge in [0.2, 0.25) is 0 Å². The Hall–Kier alpha value is -4.01. The predicted molar refractivity (Wildman–Crippen MR) is 137 cm³/mol. The van der Waals surface area contributed by atoms with Crippen molar-refractivity contribution in [2.75, 3.05) is 4.90 Å². The van der Waals surface area contributed by atoms with Crippen LogP contribution < -0.4 is 4.90 Å². The Morgan fingerprint density at radius 3 is 2.34 bits per heavy atom. The molecule has 0 fully saturated rings. The van der Waals surface area contributed by atoms with Crippen molar-refractivity contribution in [3.63, 3.8) is 0 Å². The minimum absolute atomic E-state index is 0. The monoisotopic (exact) mass is 631 g/mol. The summed E-state index contributed by atoms with van der Waals surface area (Å²) < 4.78 is 1.76. The van der Waals surface area contributed by atoms with Crippen molar-refractivity contribution in [3.8, 4) is 16.9 Å². The van der Waals surface area contributed by atoms with Crippen LogP contribution in [0.5, 0.6) is 0 Å². The van der Waals surface area contributed by atoms with E-state index in [9.17, 15) is 0 Å². The standard InChI is InChI=1S/C30H20N4.Pt/c1-2-12-27(13-3-1)34(30-16-7-15-29(32-30)33-20-8-19-31-33)28-14-6-11-25(22-28)26-18-17-23-9-4-5-10-24(23)21-26;/h1-17,19-21H;/q-2;+2. The average Bonchev–Trinajstić information content (AvgIpc) is 3.45. The summed E-state index contributed by atoms with van der Waals surface area (Å²) in [5.74, 6) is 1.54. The van der Waals surface area contributed by atoms with Gasteiger partial charge in [0.25, 0.3) is 0 Å². The van der Waals surface area contributed by atoms with Gasteiger partial charge in [-0.05, 0) is 36.0 Å². The van der Waals surface area contributed by atoms with Crippen LogP contribution in [-0.4, -0.2) is 14.8 Å². The van der Waals surface area contributed by atoms with E-state index < -0.39 is 0 Å². The van der Waals surface area contributed by atoms with Crippen molar-refractivity contribution in [1.82, 2.24) is 14.8 Å². The van der Waals surface area contributed by atoms with Gasteiger partial charge in [0.05, 0.1) is 0 Å². The molecule has 6 aromatic rings. The van der Waals surface area contributed by atoms with Gasteiger partial charge in [-0.1, -0.05) is 48.5 Å². The third-order valence-electron chi connectivity index (χ3n) is 5.69. The second-order valence-corrected chi connectivity index (χ2v) is 7.90. The molecule has 0 spiro atoms. The van der Waals surface area contributed by atoms with Gasteiger partial charge >= 0.3 is 21.1 Å². The molecule has 0 aliphatic rings. The Balaban J connectivity index is 0.00000253. The molecule has 5 heteroatoms. The van der Waals surface area contributed by atoms with Gasteiger partial charge in [-0.3, -0.25) is 0 Å². The van der Waals surface area contributed by atoms with E-state index in [0.29, 0.717) is 0 Å². The first-order chi connectivity index (χ1) is 16.8. The van der Waals surface area contributed by atoms with Crippen LogP contribution in [0.15, 0.2) is 122 Å². The fraction of sp³-hybridized carbons (Fsp3) is 0. The summed E-state index contributed by atoms with van der Waals surface area (Å²) >= 11 is 0. The molecule has 0 atom stereocenters. The number of fused-ring (bicyclic) bond motifs is 1. The summed E-state index contributed by atoms with van der Waals surface area (Å²) in [7, 11) is 0. The third kappa shape index (κ3) is 4.66. The quantitative estimate of drug-likeness (QED) is 0.190. The zero-order valence-electron chi connectivity index (χ0n) is 18.7. The van der Waals surface area contributed by atoms with Gasteiger partial charge < -0.3 is 4.90 Å². The summed E-state index contributed by atoms with van der Waals surface area (Å²) in [5.41, 5.74) is 3.89. The van der Waals surface area contributed by atoms with E-state index in [4.69, 9.17) is 4.98 Å². The summed E-state index contributed by atoms with van der Waals surface area (Å²) in [6.07, 6.45) is 3.64. The molecule has 2 heterocycles. The van der Waals surface area contributed by atoms with E-state index in [1.165, 1.54) is 10.8 Å². The van der Waals surface area contributed by atoms with Crippen LogP contribution in [0.3, 0.4) is 0 Å². The molecule has 4 nitrogen and oxygen atoms in total. The van der Waals surface area contributed by atoms with E-state index in [2.05, 4.69) is 76.7 Å². The minimum Gasteiger partial charge on any atom is -0.314 e. The number of nitrogens with zero attached hydrogens (tertiary/aromatic N) is 4. The number of hydrogen-bond donors (Lipinski definition) is 0. The van der Waals surface area contributed by atoms with Gasteiger partial charge in [0.15, 0.2) is 5.82 Å². The number of benzene rings is 4. The van der Waals surface area contributed by atoms with Crippen molar-refractivity contribution in [1.29, 1.82) is 0 Å². The maximum Gasteiger partial charge on any atom is 2.00 e. The first-order valence-corrected chi connectivity index (χ1v) is 11.1. The Labute approximate surface area is 218 Å². The van der Waals surface area contributed by atoms with E-state index in [-0.39, 0.29) is 21.1 Å². The smallest absolute Gasteiger partial charge is 0.314 e. The molecule has 4 aromatic carbocycles. The van der Waals surface area contributed by atoms with Crippen molar-refractivity contribution < 1.29 is 21.1 Å². The predicted octanol–water partition coefficient (Wildman–Crippen LogP) is 7.16. The zero-order valence-corrected chi connectivity index (χ0v) is 20.9. The normalized spacial score (nSPS) is 10.6. The number of rotatable bonds is 5. The molecule has 2 aromatic heterocycles. The number of anilines is 3. The van der Waals surface area contributed by atoms with Crippen molar-refractivity contribution in [2.24, 2.45) is 0 Å². The van der Waals surface area contributed by atoms with Crippen LogP contribution in [-0.2, 0) is 21.1 Å². The van der Waals surface area contributed by atoms with E-state index in [1.807, 2.05) is 60.8 Å². The van der Waals surface area contributed by atoms with Crippen LogP contribution in [0.2, 0.25) is 0 Å². The summed E-state index contributed by atoms with van der Waals surface area (Å²) in [6.45, 7) is 0. The molecule has 0 aliphatic carbocycles. The number of hydrogen-bond acceptors (Lipinski definition) is 3.